The van der Waals surface area contributed by atoms with Crippen LogP contribution in [0.4, 0.5) is 0 Å². The van der Waals surface area contributed by atoms with Gasteiger partial charge in [-0.05, 0) is 42.0 Å². The molecule has 1 heterocycles. The van der Waals surface area contributed by atoms with E-state index in [-0.39, 0.29) is 32.2 Å². The number of hydrogen-bond donors (Lipinski definition) is 6. The molecule has 0 aliphatic heterocycles. The molecule has 10 heteroatoms. The lowest BCUT2D eigenvalue weighted by Gasteiger charge is -2.25. The van der Waals surface area contributed by atoms with Crippen molar-refractivity contribution in [1.29, 1.82) is 0 Å². The molecule has 7 N–H and O–H groups in total. The van der Waals surface area contributed by atoms with Crippen molar-refractivity contribution in [2.24, 2.45) is 5.73 Å². The van der Waals surface area contributed by atoms with E-state index < -0.39 is 41.8 Å². The van der Waals surface area contributed by atoms with Crippen LogP contribution < -0.4 is 21.7 Å². The monoisotopic (exact) mass is 597 g/mol. The molecular weight excluding hydrogens is 558 g/mol. The van der Waals surface area contributed by atoms with E-state index >= 15 is 0 Å². The Labute approximate surface area is 256 Å². The van der Waals surface area contributed by atoms with Crippen LogP contribution >= 0.6 is 0 Å². The van der Waals surface area contributed by atoms with Gasteiger partial charge in [-0.3, -0.25) is 19.2 Å². The summed E-state index contributed by atoms with van der Waals surface area (Å²) in [5.74, 6) is -2.33. The first-order chi connectivity index (χ1) is 21.3. The lowest BCUT2D eigenvalue weighted by molar-refractivity contribution is -0.138. The summed E-state index contributed by atoms with van der Waals surface area (Å²) in [5, 5.41) is 18.5. The SMILES string of the molecule is N[C@@H](Cc1c[nH]c2ccccc12)C(=O)N[C@@H](Cc1ccccc1)C(=O)N[C@H](CCc1ccccc1)CNC(=O)CCC(=O)O. The first-order valence-corrected chi connectivity index (χ1v) is 14.8. The number of carbonyl (C=O) groups excluding carboxylic acids is 3. The molecule has 0 unspecified atom stereocenters. The number of H-pyrrole nitrogens is 1. The molecule has 0 aliphatic carbocycles. The number of rotatable bonds is 16. The zero-order valence-electron chi connectivity index (χ0n) is 24.5. The van der Waals surface area contributed by atoms with Gasteiger partial charge in [0.25, 0.3) is 0 Å². The minimum absolute atomic E-state index is 0.114. The standard InChI is InChI=1S/C34H39N5O5/c35-28(20-25-21-36-29-14-8-7-13-27(25)29)33(43)39-30(19-24-11-5-2-6-12-24)34(44)38-26(16-15-23-9-3-1-4-10-23)22-37-31(40)17-18-32(41)42/h1-14,21,26,28,30,36H,15-20,22,35H2,(H,37,40)(H,38,44)(H,39,43)(H,41,42)/t26-,28+,30+/m1/s1. The van der Waals surface area contributed by atoms with Crippen molar-refractivity contribution in [3.8, 4) is 0 Å². The number of hydrogen-bond acceptors (Lipinski definition) is 5. The summed E-state index contributed by atoms with van der Waals surface area (Å²) in [5.41, 5.74) is 10.1. The summed E-state index contributed by atoms with van der Waals surface area (Å²) in [6.45, 7) is 0.114. The highest BCUT2D eigenvalue weighted by Gasteiger charge is 2.27. The number of nitrogens with two attached hydrogens (primary N) is 1. The number of aromatic nitrogens is 1. The quantitative estimate of drug-likeness (QED) is 0.116. The highest BCUT2D eigenvalue weighted by atomic mass is 16.4. The highest BCUT2D eigenvalue weighted by Crippen LogP contribution is 2.19. The van der Waals surface area contributed by atoms with E-state index in [2.05, 4.69) is 20.9 Å². The fraction of sp³-hybridized carbons (Fsp3) is 0.294. The summed E-state index contributed by atoms with van der Waals surface area (Å²) < 4.78 is 0. The second-order valence-electron chi connectivity index (χ2n) is 10.8. The maximum atomic E-state index is 13.7. The number of amides is 3. The molecule has 230 valence electrons. The van der Waals surface area contributed by atoms with Crippen molar-refractivity contribution >= 4 is 34.6 Å². The molecule has 0 fully saturated rings. The number of aromatic amines is 1. The van der Waals surface area contributed by atoms with Crippen molar-refractivity contribution in [1.82, 2.24) is 20.9 Å². The first kappa shape index (κ1) is 32.0. The summed E-state index contributed by atoms with van der Waals surface area (Å²) in [6.07, 6.45) is 3.09. The lowest BCUT2D eigenvalue weighted by atomic mass is 10.0. The van der Waals surface area contributed by atoms with E-state index in [1.54, 1.807) is 0 Å². The zero-order chi connectivity index (χ0) is 31.3. The van der Waals surface area contributed by atoms with Gasteiger partial charge in [0.05, 0.1) is 12.5 Å². The predicted molar refractivity (Wildman–Crippen MR) is 169 cm³/mol. The number of nitrogens with one attached hydrogen (secondary N) is 4. The zero-order valence-corrected chi connectivity index (χ0v) is 24.5. The molecule has 0 spiro atoms. The normalized spacial score (nSPS) is 13.0. The van der Waals surface area contributed by atoms with E-state index in [1.165, 1.54) is 0 Å². The van der Waals surface area contributed by atoms with Gasteiger partial charge in [-0.2, -0.15) is 0 Å². The minimum atomic E-state index is -1.06. The van der Waals surface area contributed by atoms with Gasteiger partial charge in [-0.1, -0.05) is 78.9 Å². The van der Waals surface area contributed by atoms with Crippen LogP contribution in [0.25, 0.3) is 10.9 Å². The average molecular weight is 598 g/mol. The van der Waals surface area contributed by atoms with Crippen LogP contribution in [-0.4, -0.2) is 58.5 Å². The van der Waals surface area contributed by atoms with Crippen LogP contribution in [0.15, 0.2) is 91.1 Å². The Hall–Kier alpha value is -4.96. The third-order valence-electron chi connectivity index (χ3n) is 7.45. The van der Waals surface area contributed by atoms with Crippen LogP contribution in [0.2, 0.25) is 0 Å². The van der Waals surface area contributed by atoms with E-state index in [9.17, 15) is 19.2 Å². The van der Waals surface area contributed by atoms with Crippen molar-refractivity contribution in [3.05, 3.63) is 108 Å². The van der Waals surface area contributed by atoms with Gasteiger partial charge in [0.1, 0.15) is 6.04 Å². The van der Waals surface area contributed by atoms with E-state index in [0.717, 1.165) is 27.6 Å². The number of fused-ring (bicyclic) bond motifs is 1. The Morgan fingerprint density at radius 3 is 2.14 bits per heavy atom. The predicted octanol–water partition coefficient (Wildman–Crippen LogP) is 2.86. The summed E-state index contributed by atoms with van der Waals surface area (Å²) in [6, 6.07) is 24.6. The van der Waals surface area contributed by atoms with Gasteiger partial charge < -0.3 is 31.8 Å². The maximum absolute atomic E-state index is 13.7. The second-order valence-corrected chi connectivity index (χ2v) is 10.8. The Bertz CT molecular complexity index is 1540. The van der Waals surface area contributed by atoms with Crippen LogP contribution in [0.3, 0.4) is 0 Å². The number of aryl methyl sites for hydroxylation is 1. The largest absolute Gasteiger partial charge is 0.481 e. The van der Waals surface area contributed by atoms with E-state index in [4.69, 9.17) is 10.8 Å². The maximum Gasteiger partial charge on any atom is 0.303 e. The molecule has 1 aromatic heterocycles. The first-order valence-electron chi connectivity index (χ1n) is 14.8. The third kappa shape index (κ3) is 9.81. The van der Waals surface area contributed by atoms with E-state index in [1.807, 2.05) is 91.1 Å². The smallest absolute Gasteiger partial charge is 0.303 e. The number of benzene rings is 3. The van der Waals surface area contributed by atoms with Gasteiger partial charge in [0.2, 0.25) is 17.7 Å². The van der Waals surface area contributed by atoms with Crippen molar-refractivity contribution < 1.29 is 24.3 Å². The molecule has 0 saturated carbocycles. The second kappa shape index (κ2) is 16.0. The molecule has 3 atom stereocenters. The van der Waals surface area contributed by atoms with E-state index in [0.29, 0.717) is 12.8 Å². The topological polar surface area (TPSA) is 166 Å². The van der Waals surface area contributed by atoms with Crippen LogP contribution in [-0.2, 0) is 38.4 Å². The fourth-order valence-corrected chi connectivity index (χ4v) is 5.03. The Kier molecular flexibility index (Phi) is 11.7. The van der Waals surface area contributed by atoms with Gasteiger partial charge in [0, 0.05) is 42.5 Å². The molecule has 0 bridgehead atoms. The number of aliphatic carboxylic acids is 1. The molecule has 0 radical (unpaired) electrons. The highest BCUT2D eigenvalue weighted by molar-refractivity contribution is 5.91. The van der Waals surface area contributed by atoms with Gasteiger partial charge in [0.15, 0.2) is 0 Å². The number of para-hydroxylation sites is 1. The third-order valence-corrected chi connectivity index (χ3v) is 7.45. The van der Waals surface area contributed by atoms with Crippen LogP contribution in [0.1, 0.15) is 36.0 Å². The number of carboxylic acid groups (broad SMARTS) is 1. The van der Waals surface area contributed by atoms with Gasteiger partial charge in [-0.25, -0.2) is 0 Å². The molecule has 4 aromatic rings. The Morgan fingerprint density at radius 1 is 0.773 bits per heavy atom. The molecule has 3 amide bonds. The number of carbonyl (C=O) groups is 4. The van der Waals surface area contributed by atoms with Crippen molar-refractivity contribution in [3.63, 3.8) is 0 Å². The Morgan fingerprint density at radius 2 is 1.43 bits per heavy atom. The van der Waals surface area contributed by atoms with Gasteiger partial charge >= 0.3 is 5.97 Å². The summed E-state index contributed by atoms with van der Waals surface area (Å²) >= 11 is 0. The summed E-state index contributed by atoms with van der Waals surface area (Å²) in [7, 11) is 0. The minimum Gasteiger partial charge on any atom is -0.481 e. The molecule has 3 aromatic carbocycles. The molecule has 0 aliphatic rings. The molecular formula is C34H39N5O5. The Balaban J connectivity index is 1.45. The molecule has 0 saturated heterocycles. The molecule has 10 nitrogen and oxygen atoms in total. The van der Waals surface area contributed by atoms with Gasteiger partial charge in [-0.15, -0.1) is 0 Å². The lowest BCUT2D eigenvalue weighted by Crippen LogP contribution is -2.55. The van der Waals surface area contributed by atoms with Crippen LogP contribution in [0.5, 0.6) is 0 Å². The van der Waals surface area contributed by atoms with Crippen LogP contribution in [0, 0.1) is 0 Å². The van der Waals surface area contributed by atoms with Crippen molar-refractivity contribution in [2.75, 3.05) is 6.54 Å². The molecule has 44 heavy (non-hydrogen) atoms. The summed E-state index contributed by atoms with van der Waals surface area (Å²) in [4.78, 5) is 53.4. The number of carboxylic acids is 1. The fourth-order valence-electron chi connectivity index (χ4n) is 5.03. The molecule has 4 rings (SSSR count). The average Bonchev–Trinajstić information content (AvgIpc) is 3.44. The van der Waals surface area contributed by atoms with Crippen molar-refractivity contribution in [2.45, 2.75) is 56.7 Å².